The number of hydrogen-bond donors (Lipinski definition) is 0. The molecule has 0 N–H and O–H groups in total. The SMILES string of the molecule is CC(=O)N1CC(C)(C)S[C@@]12C(=O)N(Cc1ccccc1)c1ccc(C)cc12. The Kier molecular flexibility index (Phi) is 4.11. The number of carbonyl (C=O) groups is 2. The first-order valence-corrected chi connectivity index (χ1v) is 10.0. The second-order valence-corrected chi connectivity index (χ2v) is 9.91. The van der Waals surface area contributed by atoms with Gasteiger partial charge in [-0.3, -0.25) is 9.59 Å². The molecule has 0 saturated carbocycles. The fraction of sp³-hybridized carbons (Fsp3) is 0.364. The van der Waals surface area contributed by atoms with E-state index in [1.54, 1.807) is 23.6 Å². The molecule has 4 nitrogen and oxygen atoms in total. The Hall–Kier alpha value is -2.27. The van der Waals surface area contributed by atoms with Crippen molar-refractivity contribution in [1.29, 1.82) is 0 Å². The van der Waals surface area contributed by atoms with Crippen molar-refractivity contribution in [2.45, 2.75) is 43.9 Å². The summed E-state index contributed by atoms with van der Waals surface area (Å²) in [5.74, 6) is -0.0758. The third-order valence-electron chi connectivity index (χ3n) is 5.25. The molecular formula is C22H24N2O2S. The first kappa shape index (κ1) is 18.1. The first-order valence-electron chi connectivity index (χ1n) is 9.20. The highest BCUT2D eigenvalue weighted by atomic mass is 32.2. The summed E-state index contributed by atoms with van der Waals surface area (Å²) in [5.41, 5.74) is 4.02. The number of carbonyl (C=O) groups excluding carboxylic acids is 2. The van der Waals surface area contributed by atoms with E-state index in [0.717, 1.165) is 22.4 Å². The predicted molar refractivity (Wildman–Crippen MR) is 110 cm³/mol. The van der Waals surface area contributed by atoms with Gasteiger partial charge in [0.1, 0.15) is 0 Å². The van der Waals surface area contributed by atoms with Gasteiger partial charge in [0, 0.05) is 23.8 Å². The van der Waals surface area contributed by atoms with Crippen molar-refractivity contribution in [2.75, 3.05) is 11.4 Å². The summed E-state index contributed by atoms with van der Waals surface area (Å²) in [6, 6.07) is 16.1. The Bertz CT molecular complexity index is 925. The van der Waals surface area contributed by atoms with Crippen molar-refractivity contribution in [3.05, 3.63) is 65.2 Å². The summed E-state index contributed by atoms with van der Waals surface area (Å²) in [6.07, 6.45) is 0. The molecule has 2 aliphatic rings. The average molecular weight is 381 g/mol. The maximum absolute atomic E-state index is 13.8. The van der Waals surface area contributed by atoms with E-state index in [0.29, 0.717) is 13.1 Å². The van der Waals surface area contributed by atoms with Crippen molar-refractivity contribution in [2.24, 2.45) is 0 Å². The zero-order valence-electron chi connectivity index (χ0n) is 16.2. The highest BCUT2D eigenvalue weighted by Gasteiger charge is 2.63. The molecule has 5 heteroatoms. The molecule has 0 unspecified atom stereocenters. The lowest BCUT2D eigenvalue weighted by Gasteiger charge is -2.32. The molecule has 2 aromatic carbocycles. The van der Waals surface area contributed by atoms with Gasteiger partial charge in [-0.05, 0) is 32.4 Å². The Balaban J connectivity index is 1.88. The maximum Gasteiger partial charge on any atom is 0.268 e. The smallest absolute Gasteiger partial charge is 0.268 e. The maximum atomic E-state index is 13.8. The molecule has 2 aromatic rings. The number of aryl methyl sites for hydroxylation is 1. The molecule has 4 rings (SSSR count). The number of hydrogen-bond acceptors (Lipinski definition) is 3. The zero-order valence-corrected chi connectivity index (χ0v) is 17.0. The minimum absolute atomic E-state index is 0.0160. The zero-order chi connectivity index (χ0) is 19.4. The lowest BCUT2D eigenvalue weighted by Crippen LogP contribution is -2.49. The summed E-state index contributed by atoms with van der Waals surface area (Å²) in [5, 5.41) is 0. The van der Waals surface area contributed by atoms with E-state index in [9.17, 15) is 9.59 Å². The molecule has 27 heavy (non-hydrogen) atoms. The summed E-state index contributed by atoms with van der Waals surface area (Å²) in [7, 11) is 0. The third-order valence-corrected chi connectivity index (χ3v) is 6.84. The number of fused-ring (bicyclic) bond motifs is 2. The van der Waals surface area contributed by atoms with Crippen LogP contribution in [0.1, 0.15) is 37.5 Å². The van der Waals surface area contributed by atoms with Gasteiger partial charge >= 0.3 is 0 Å². The largest absolute Gasteiger partial charge is 0.315 e. The fourth-order valence-electron chi connectivity index (χ4n) is 4.16. The number of benzene rings is 2. The molecule has 140 valence electrons. The van der Waals surface area contributed by atoms with E-state index >= 15 is 0 Å². The van der Waals surface area contributed by atoms with Crippen LogP contribution in [0.15, 0.2) is 48.5 Å². The molecule has 2 aliphatic heterocycles. The quantitative estimate of drug-likeness (QED) is 0.789. The van der Waals surface area contributed by atoms with Gasteiger partial charge in [-0.2, -0.15) is 0 Å². The molecule has 1 spiro atoms. The van der Waals surface area contributed by atoms with E-state index in [2.05, 4.69) is 19.9 Å². The van der Waals surface area contributed by atoms with E-state index < -0.39 is 4.87 Å². The summed E-state index contributed by atoms with van der Waals surface area (Å²) in [6.45, 7) is 8.86. The van der Waals surface area contributed by atoms with Gasteiger partial charge < -0.3 is 9.80 Å². The third kappa shape index (κ3) is 2.76. The minimum atomic E-state index is -0.967. The molecule has 0 aromatic heterocycles. The molecule has 1 atom stereocenters. The lowest BCUT2D eigenvalue weighted by molar-refractivity contribution is -0.138. The van der Waals surface area contributed by atoms with Crippen molar-refractivity contribution < 1.29 is 9.59 Å². The van der Waals surface area contributed by atoms with Gasteiger partial charge in [-0.25, -0.2) is 0 Å². The van der Waals surface area contributed by atoms with E-state index in [-0.39, 0.29) is 16.6 Å². The van der Waals surface area contributed by atoms with Crippen LogP contribution in [-0.2, 0) is 21.0 Å². The summed E-state index contributed by atoms with van der Waals surface area (Å²) < 4.78 is -0.189. The van der Waals surface area contributed by atoms with Crippen molar-refractivity contribution in [3.63, 3.8) is 0 Å². The van der Waals surface area contributed by atoms with Crippen LogP contribution in [-0.4, -0.2) is 28.0 Å². The van der Waals surface area contributed by atoms with Crippen LogP contribution in [0.3, 0.4) is 0 Å². The minimum Gasteiger partial charge on any atom is -0.315 e. The van der Waals surface area contributed by atoms with Crippen LogP contribution in [0.2, 0.25) is 0 Å². The van der Waals surface area contributed by atoms with Crippen molar-refractivity contribution >= 4 is 29.3 Å². The van der Waals surface area contributed by atoms with Crippen LogP contribution in [0.4, 0.5) is 5.69 Å². The van der Waals surface area contributed by atoms with Crippen LogP contribution in [0, 0.1) is 6.92 Å². The molecule has 0 radical (unpaired) electrons. The molecule has 2 amide bonds. The van der Waals surface area contributed by atoms with Gasteiger partial charge in [-0.15, -0.1) is 11.8 Å². The van der Waals surface area contributed by atoms with Crippen LogP contribution >= 0.6 is 11.8 Å². The highest BCUT2D eigenvalue weighted by Crippen LogP contribution is 2.59. The number of anilines is 1. The number of rotatable bonds is 2. The first-order chi connectivity index (χ1) is 12.7. The molecule has 0 aliphatic carbocycles. The summed E-state index contributed by atoms with van der Waals surface area (Å²) >= 11 is 1.60. The second kappa shape index (κ2) is 6.13. The topological polar surface area (TPSA) is 40.6 Å². The lowest BCUT2D eigenvalue weighted by atomic mass is 10.0. The number of amides is 2. The number of thioether (sulfide) groups is 1. The summed E-state index contributed by atoms with van der Waals surface area (Å²) in [4.78, 5) is 29.0. The average Bonchev–Trinajstić information content (AvgIpc) is 3.03. The monoisotopic (exact) mass is 380 g/mol. The fourth-order valence-corrected chi connectivity index (χ4v) is 5.93. The van der Waals surface area contributed by atoms with Gasteiger partial charge in [0.05, 0.1) is 12.2 Å². The van der Waals surface area contributed by atoms with Gasteiger partial charge in [-0.1, -0.05) is 48.0 Å². The normalized spacial score (nSPS) is 23.2. The van der Waals surface area contributed by atoms with Crippen molar-refractivity contribution in [3.8, 4) is 0 Å². The van der Waals surface area contributed by atoms with Crippen molar-refractivity contribution in [1.82, 2.24) is 4.90 Å². The number of nitrogens with zero attached hydrogens (tertiary/aromatic N) is 2. The van der Waals surface area contributed by atoms with E-state index in [1.807, 2.05) is 54.3 Å². The predicted octanol–water partition coefficient (Wildman–Crippen LogP) is 4.07. The molecule has 1 saturated heterocycles. The Morgan fingerprint density at radius 1 is 1.15 bits per heavy atom. The molecular weight excluding hydrogens is 356 g/mol. The standard InChI is InChI=1S/C22H24N2O2S/c1-15-10-11-19-18(12-15)22(24(16(2)25)14-21(3,4)27-22)20(26)23(19)13-17-8-6-5-7-9-17/h5-12H,13-14H2,1-4H3/t22-/m0/s1. The van der Waals surface area contributed by atoms with Crippen LogP contribution < -0.4 is 4.90 Å². The van der Waals surface area contributed by atoms with Gasteiger partial charge in [0.15, 0.2) is 4.87 Å². The Labute approximate surface area is 164 Å². The van der Waals surface area contributed by atoms with Crippen LogP contribution in [0.25, 0.3) is 0 Å². The van der Waals surface area contributed by atoms with Crippen LogP contribution in [0.5, 0.6) is 0 Å². The van der Waals surface area contributed by atoms with Gasteiger partial charge in [0.25, 0.3) is 5.91 Å². The van der Waals surface area contributed by atoms with E-state index in [4.69, 9.17) is 0 Å². The molecule has 2 heterocycles. The Morgan fingerprint density at radius 2 is 1.85 bits per heavy atom. The second-order valence-electron chi connectivity index (χ2n) is 8.01. The molecule has 1 fully saturated rings. The van der Waals surface area contributed by atoms with E-state index in [1.165, 1.54) is 0 Å². The highest BCUT2D eigenvalue weighted by molar-refractivity contribution is 8.02. The Morgan fingerprint density at radius 3 is 2.52 bits per heavy atom. The van der Waals surface area contributed by atoms with Gasteiger partial charge in [0.2, 0.25) is 5.91 Å². The molecule has 0 bridgehead atoms.